The van der Waals surface area contributed by atoms with Gasteiger partial charge in [0.25, 0.3) is 15.9 Å². The van der Waals surface area contributed by atoms with Gasteiger partial charge in [-0.3, -0.25) is 9.69 Å². The number of quaternary nitrogens is 1. The average molecular weight is 420 g/mol. The van der Waals surface area contributed by atoms with Crippen molar-refractivity contribution in [3.63, 3.8) is 0 Å². The molecule has 1 heterocycles. The van der Waals surface area contributed by atoms with Gasteiger partial charge in [0.1, 0.15) is 5.75 Å². The largest absolute Gasteiger partial charge is 0.508 e. The molecule has 3 rings (SSSR count). The summed E-state index contributed by atoms with van der Waals surface area (Å²) in [5.74, 6) is -0.443. The third kappa shape index (κ3) is 5.33. The number of rotatable bonds is 6. The van der Waals surface area contributed by atoms with Crippen molar-refractivity contribution in [2.75, 3.05) is 51.8 Å². The average Bonchev–Trinajstić information content (AvgIpc) is 2.69. The van der Waals surface area contributed by atoms with Gasteiger partial charge in [-0.05, 0) is 31.3 Å². The van der Waals surface area contributed by atoms with Crippen LogP contribution in [0.3, 0.4) is 0 Å². The minimum Gasteiger partial charge on any atom is -0.508 e. The SMILES string of the molecule is CN1CC[N+](C)(CC(=O)N(NS(=O)(=O)c2ccccc2)c2cccc(O)c2)CC1. The predicted molar refractivity (Wildman–Crippen MR) is 111 cm³/mol. The lowest BCUT2D eigenvalue weighted by Gasteiger charge is -2.41. The summed E-state index contributed by atoms with van der Waals surface area (Å²) in [4.78, 5) is 17.9. The van der Waals surface area contributed by atoms with E-state index in [0.717, 1.165) is 31.2 Å². The van der Waals surface area contributed by atoms with Crippen molar-refractivity contribution in [1.29, 1.82) is 0 Å². The molecule has 0 aromatic heterocycles. The second-order valence-electron chi connectivity index (χ2n) is 7.68. The minimum atomic E-state index is -3.98. The van der Waals surface area contributed by atoms with Gasteiger partial charge < -0.3 is 9.59 Å². The zero-order valence-corrected chi connectivity index (χ0v) is 17.5. The maximum atomic E-state index is 13.2. The van der Waals surface area contributed by atoms with Crippen LogP contribution in [0.15, 0.2) is 59.5 Å². The van der Waals surface area contributed by atoms with Crippen LogP contribution in [0.2, 0.25) is 0 Å². The van der Waals surface area contributed by atoms with Gasteiger partial charge in [0.05, 0.1) is 30.7 Å². The van der Waals surface area contributed by atoms with Gasteiger partial charge in [0.2, 0.25) is 0 Å². The predicted octanol–water partition coefficient (Wildman–Crippen LogP) is 1.01. The van der Waals surface area contributed by atoms with Crippen molar-refractivity contribution >= 4 is 21.6 Å². The Balaban J connectivity index is 1.88. The summed E-state index contributed by atoms with van der Waals surface area (Å²) in [5, 5.41) is 10.9. The number of nitrogens with one attached hydrogen (secondary N) is 1. The maximum Gasteiger partial charge on any atom is 0.297 e. The molecule has 0 atom stereocenters. The first-order valence-electron chi connectivity index (χ1n) is 9.40. The number of carbonyl (C=O) groups is 1. The van der Waals surface area contributed by atoms with E-state index in [4.69, 9.17) is 0 Å². The standard InChI is InChI=1S/C20H26N4O4S/c1-22-11-13-24(2,14-12-22)16-20(26)23(17-7-6-8-18(25)15-17)21-29(27,28)19-9-4-3-5-10-19/h3-10,15,21H,11-14,16H2,1-2H3/p+1. The van der Waals surface area contributed by atoms with Gasteiger partial charge in [0, 0.05) is 19.2 Å². The van der Waals surface area contributed by atoms with Crippen LogP contribution in [-0.2, 0) is 14.8 Å². The molecule has 1 saturated heterocycles. The molecule has 0 spiro atoms. The van der Waals surface area contributed by atoms with Gasteiger partial charge in [-0.15, -0.1) is 4.83 Å². The van der Waals surface area contributed by atoms with Gasteiger partial charge in [-0.25, -0.2) is 13.4 Å². The second kappa shape index (κ2) is 8.50. The molecule has 9 heteroatoms. The highest BCUT2D eigenvalue weighted by Gasteiger charge is 2.34. The van der Waals surface area contributed by atoms with Crippen molar-refractivity contribution in [2.45, 2.75) is 4.90 Å². The van der Waals surface area contributed by atoms with Gasteiger partial charge in [0.15, 0.2) is 6.54 Å². The van der Waals surface area contributed by atoms with Crippen LogP contribution in [0, 0.1) is 0 Å². The number of anilines is 1. The number of piperazine rings is 1. The number of sulfonamides is 1. The summed E-state index contributed by atoms with van der Waals surface area (Å²) in [6.45, 7) is 3.46. The fourth-order valence-electron chi connectivity index (χ4n) is 3.26. The molecular weight excluding hydrogens is 392 g/mol. The number of nitrogens with zero attached hydrogens (tertiary/aromatic N) is 3. The molecule has 1 fully saturated rings. The van der Waals surface area contributed by atoms with Crippen LogP contribution >= 0.6 is 0 Å². The fraction of sp³-hybridized carbons (Fsp3) is 0.350. The van der Waals surface area contributed by atoms with E-state index in [1.165, 1.54) is 24.3 Å². The van der Waals surface area contributed by atoms with Crippen LogP contribution in [0.1, 0.15) is 0 Å². The smallest absolute Gasteiger partial charge is 0.297 e. The van der Waals surface area contributed by atoms with Gasteiger partial charge in [-0.1, -0.05) is 24.3 Å². The van der Waals surface area contributed by atoms with Crippen LogP contribution in [0.5, 0.6) is 5.75 Å². The molecule has 2 N–H and O–H groups in total. The molecule has 1 aliphatic rings. The first-order valence-corrected chi connectivity index (χ1v) is 10.9. The molecule has 156 valence electrons. The Morgan fingerprint density at radius 3 is 2.41 bits per heavy atom. The highest BCUT2D eigenvalue weighted by molar-refractivity contribution is 7.89. The number of phenols is 1. The van der Waals surface area contributed by atoms with Crippen LogP contribution in [0.4, 0.5) is 5.69 Å². The van der Waals surface area contributed by atoms with Gasteiger partial charge >= 0.3 is 0 Å². The number of hydrogen-bond donors (Lipinski definition) is 2. The quantitative estimate of drug-likeness (QED) is 0.539. The zero-order chi connectivity index (χ0) is 21.1. The van der Waals surface area contributed by atoms with Crippen molar-refractivity contribution in [3.05, 3.63) is 54.6 Å². The monoisotopic (exact) mass is 419 g/mol. The lowest BCUT2D eigenvalue weighted by atomic mass is 10.2. The number of aromatic hydroxyl groups is 1. The summed E-state index contributed by atoms with van der Waals surface area (Å²) in [7, 11) is 0.0607. The third-order valence-corrected chi connectivity index (χ3v) is 6.48. The van der Waals surface area contributed by atoms with Crippen molar-refractivity contribution in [3.8, 4) is 5.75 Å². The lowest BCUT2D eigenvalue weighted by molar-refractivity contribution is -0.905. The van der Waals surface area contributed by atoms with E-state index in [1.54, 1.807) is 30.3 Å². The van der Waals surface area contributed by atoms with Crippen LogP contribution in [-0.4, -0.2) is 75.6 Å². The molecule has 2 aromatic rings. The van der Waals surface area contributed by atoms with Gasteiger partial charge in [-0.2, -0.15) is 0 Å². The lowest BCUT2D eigenvalue weighted by Crippen LogP contribution is -2.61. The summed E-state index contributed by atoms with van der Waals surface area (Å²) < 4.78 is 26.2. The number of hydrogen-bond acceptors (Lipinski definition) is 5. The highest BCUT2D eigenvalue weighted by Crippen LogP contribution is 2.21. The van der Waals surface area contributed by atoms with E-state index in [1.807, 2.05) is 14.1 Å². The fourth-order valence-corrected chi connectivity index (χ4v) is 4.32. The topological polar surface area (TPSA) is 90.0 Å². The Morgan fingerprint density at radius 1 is 1.14 bits per heavy atom. The summed E-state index contributed by atoms with van der Waals surface area (Å²) in [6, 6.07) is 13.8. The van der Waals surface area contributed by atoms with E-state index in [9.17, 15) is 18.3 Å². The molecule has 0 aliphatic carbocycles. The molecule has 1 amide bonds. The van der Waals surface area contributed by atoms with E-state index in [-0.39, 0.29) is 28.8 Å². The molecular formula is C20H27N4O4S+. The molecule has 8 nitrogen and oxygen atoms in total. The molecule has 2 aromatic carbocycles. The third-order valence-electron chi connectivity index (χ3n) is 5.16. The molecule has 0 radical (unpaired) electrons. The molecule has 29 heavy (non-hydrogen) atoms. The van der Waals surface area contributed by atoms with Crippen molar-refractivity contribution in [1.82, 2.24) is 9.73 Å². The van der Waals surface area contributed by atoms with Crippen molar-refractivity contribution in [2.24, 2.45) is 0 Å². The van der Waals surface area contributed by atoms with E-state index >= 15 is 0 Å². The maximum absolute atomic E-state index is 13.2. The first-order chi connectivity index (χ1) is 13.7. The minimum absolute atomic E-state index is 0.0537. The summed E-state index contributed by atoms with van der Waals surface area (Å²) >= 11 is 0. The number of hydrazine groups is 1. The molecule has 0 bridgehead atoms. The first kappa shape index (κ1) is 21.3. The molecule has 0 saturated carbocycles. The Morgan fingerprint density at radius 2 is 1.79 bits per heavy atom. The van der Waals surface area contributed by atoms with E-state index in [0.29, 0.717) is 4.48 Å². The Kier molecular flexibility index (Phi) is 6.23. The number of likely N-dealkylation sites (N-methyl/N-ethyl adjacent to an activating group) is 2. The van der Waals surface area contributed by atoms with Crippen LogP contribution < -0.4 is 9.84 Å². The number of phenolic OH excluding ortho intramolecular Hbond substituents is 1. The number of amides is 1. The van der Waals surface area contributed by atoms with Crippen molar-refractivity contribution < 1.29 is 22.8 Å². The summed E-state index contributed by atoms with van der Waals surface area (Å²) in [5.41, 5.74) is 0.259. The number of benzene rings is 2. The second-order valence-corrected chi connectivity index (χ2v) is 9.35. The van der Waals surface area contributed by atoms with E-state index < -0.39 is 10.0 Å². The molecule has 0 unspecified atom stereocenters. The molecule has 1 aliphatic heterocycles. The summed E-state index contributed by atoms with van der Waals surface area (Å²) in [6.07, 6.45) is 0. The Bertz CT molecular complexity index is 957. The Hall–Kier alpha value is -2.46. The number of carbonyl (C=O) groups excluding carboxylic acids is 1. The van der Waals surface area contributed by atoms with Crippen LogP contribution in [0.25, 0.3) is 0 Å². The highest BCUT2D eigenvalue weighted by atomic mass is 32.2. The van der Waals surface area contributed by atoms with E-state index in [2.05, 4.69) is 9.73 Å². The normalized spacial score (nSPS) is 17.0. The Labute approximate surface area is 171 Å². The zero-order valence-electron chi connectivity index (χ0n) is 16.7.